The lowest BCUT2D eigenvalue weighted by Gasteiger charge is -2.30. The first-order valence-corrected chi connectivity index (χ1v) is 5.23. The van der Waals surface area contributed by atoms with Crippen molar-refractivity contribution in [3.05, 3.63) is 0 Å². The predicted octanol–water partition coefficient (Wildman–Crippen LogP) is 1.50. The van der Waals surface area contributed by atoms with Crippen LogP contribution in [-0.4, -0.2) is 18.6 Å². The van der Waals surface area contributed by atoms with E-state index in [4.69, 9.17) is 5.73 Å². The van der Waals surface area contributed by atoms with Crippen LogP contribution in [0.1, 0.15) is 39.5 Å². The lowest BCUT2D eigenvalue weighted by Crippen LogP contribution is -2.38. The standard InChI is InChI=1S/C10H22N2/c1-3-12-8(2)9-4-6-10(11)7-5-9/h8-10,12H,3-7,11H2,1-2H3. The van der Waals surface area contributed by atoms with E-state index in [0.29, 0.717) is 12.1 Å². The lowest BCUT2D eigenvalue weighted by molar-refractivity contribution is 0.266. The minimum absolute atomic E-state index is 0.482. The van der Waals surface area contributed by atoms with Gasteiger partial charge in [-0.2, -0.15) is 0 Å². The summed E-state index contributed by atoms with van der Waals surface area (Å²) in [7, 11) is 0. The van der Waals surface area contributed by atoms with Crippen LogP contribution in [0.5, 0.6) is 0 Å². The Bertz CT molecular complexity index is 117. The van der Waals surface area contributed by atoms with Gasteiger partial charge in [-0.05, 0) is 45.1 Å². The molecule has 12 heavy (non-hydrogen) atoms. The van der Waals surface area contributed by atoms with Gasteiger partial charge in [0.25, 0.3) is 0 Å². The van der Waals surface area contributed by atoms with Crippen LogP contribution in [0.3, 0.4) is 0 Å². The minimum atomic E-state index is 0.482. The second-order valence-electron chi connectivity index (χ2n) is 4.02. The SMILES string of the molecule is CCNC(C)C1CCC(N)CC1. The van der Waals surface area contributed by atoms with Crippen LogP contribution in [0.15, 0.2) is 0 Å². The monoisotopic (exact) mass is 170 g/mol. The van der Waals surface area contributed by atoms with Crippen LogP contribution in [0.4, 0.5) is 0 Å². The Balaban J connectivity index is 2.24. The van der Waals surface area contributed by atoms with E-state index in [9.17, 15) is 0 Å². The maximum Gasteiger partial charge on any atom is 0.00669 e. The van der Waals surface area contributed by atoms with Crippen molar-refractivity contribution in [2.45, 2.75) is 51.6 Å². The van der Waals surface area contributed by atoms with Crippen molar-refractivity contribution in [3.8, 4) is 0 Å². The van der Waals surface area contributed by atoms with Gasteiger partial charge in [0.2, 0.25) is 0 Å². The molecule has 0 aliphatic heterocycles. The molecule has 0 saturated heterocycles. The van der Waals surface area contributed by atoms with E-state index in [1.165, 1.54) is 25.7 Å². The first-order chi connectivity index (χ1) is 5.74. The highest BCUT2D eigenvalue weighted by Crippen LogP contribution is 2.25. The Morgan fingerprint density at radius 3 is 2.42 bits per heavy atom. The van der Waals surface area contributed by atoms with Gasteiger partial charge in [-0.1, -0.05) is 6.92 Å². The molecule has 0 aromatic heterocycles. The number of nitrogens with one attached hydrogen (secondary N) is 1. The summed E-state index contributed by atoms with van der Waals surface area (Å²) in [5.74, 6) is 0.866. The van der Waals surface area contributed by atoms with Crippen molar-refractivity contribution in [1.82, 2.24) is 5.32 Å². The van der Waals surface area contributed by atoms with Crippen LogP contribution >= 0.6 is 0 Å². The molecule has 72 valence electrons. The highest BCUT2D eigenvalue weighted by molar-refractivity contribution is 4.80. The largest absolute Gasteiger partial charge is 0.328 e. The molecule has 3 N–H and O–H groups in total. The summed E-state index contributed by atoms with van der Waals surface area (Å²) in [5.41, 5.74) is 5.85. The van der Waals surface area contributed by atoms with E-state index in [-0.39, 0.29) is 0 Å². The average molecular weight is 170 g/mol. The fourth-order valence-corrected chi connectivity index (χ4v) is 2.13. The zero-order valence-corrected chi connectivity index (χ0v) is 8.34. The molecule has 1 saturated carbocycles. The molecule has 1 aliphatic carbocycles. The van der Waals surface area contributed by atoms with Crippen molar-refractivity contribution in [3.63, 3.8) is 0 Å². The summed E-state index contributed by atoms with van der Waals surface area (Å²) in [6.45, 7) is 5.56. The lowest BCUT2D eigenvalue weighted by atomic mass is 9.82. The van der Waals surface area contributed by atoms with Gasteiger partial charge >= 0.3 is 0 Å². The summed E-state index contributed by atoms with van der Waals surface area (Å²) in [4.78, 5) is 0. The first kappa shape index (κ1) is 10.0. The smallest absolute Gasteiger partial charge is 0.00669 e. The third kappa shape index (κ3) is 2.76. The molecule has 1 fully saturated rings. The molecule has 0 amide bonds. The molecule has 0 spiro atoms. The van der Waals surface area contributed by atoms with E-state index in [0.717, 1.165) is 12.5 Å². The number of rotatable bonds is 3. The van der Waals surface area contributed by atoms with Gasteiger partial charge in [0, 0.05) is 12.1 Å². The van der Waals surface area contributed by atoms with E-state index in [1.807, 2.05) is 0 Å². The summed E-state index contributed by atoms with van der Waals surface area (Å²) >= 11 is 0. The topological polar surface area (TPSA) is 38.0 Å². The van der Waals surface area contributed by atoms with Gasteiger partial charge in [-0.15, -0.1) is 0 Å². The molecule has 2 heteroatoms. The zero-order valence-electron chi connectivity index (χ0n) is 8.34. The predicted molar refractivity (Wildman–Crippen MR) is 53.1 cm³/mol. The first-order valence-electron chi connectivity index (χ1n) is 5.23. The van der Waals surface area contributed by atoms with Crippen molar-refractivity contribution in [1.29, 1.82) is 0 Å². The normalized spacial score (nSPS) is 33.2. The summed E-state index contributed by atoms with van der Waals surface area (Å²) in [6, 6.07) is 1.16. The van der Waals surface area contributed by atoms with Gasteiger partial charge in [-0.3, -0.25) is 0 Å². The number of hydrogen-bond acceptors (Lipinski definition) is 2. The summed E-state index contributed by atoms with van der Waals surface area (Å²) in [5, 5.41) is 3.49. The molecule has 1 atom stereocenters. The highest BCUT2D eigenvalue weighted by atomic mass is 14.9. The van der Waals surface area contributed by atoms with Crippen molar-refractivity contribution >= 4 is 0 Å². The van der Waals surface area contributed by atoms with Gasteiger partial charge < -0.3 is 11.1 Å². The average Bonchev–Trinajstić information content (AvgIpc) is 2.06. The Hall–Kier alpha value is -0.0800. The molecule has 1 unspecified atom stereocenters. The summed E-state index contributed by atoms with van der Waals surface area (Å²) in [6.07, 6.45) is 5.07. The number of nitrogens with two attached hydrogens (primary N) is 1. The molecule has 1 aliphatic rings. The molecule has 0 aromatic rings. The van der Waals surface area contributed by atoms with Crippen molar-refractivity contribution < 1.29 is 0 Å². The Labute approximate surface area is 75.9 Å². The quantitative estimate of drug-likeness (QED) is 0.673. The molecule has 1 rings (SSSR count). The molecular weight excluding hydrogens is 148 g/mol. The van der Waals surface area contributed by atoms with Gasteiger partial charge in [0.15, 0.2) is 0 Å². The van der Waals surface area contributed by atoms with Gasteiger partial charge in [0.05, 0.1) is 0 Å². The fraction of sp³-hybridized carbons (Fsp3) is 1.00. The molecule has 0 radical (unpaired) electrons. The second kappa shape index (κ2) is 4.83. The van der Waals surface area contributed by atoms with Crippen LogP contribution in [0.2, 0.25) is 0 Å². The number of hydrogen-bond donors (Lipinski definition) is 2. The van der Waals surface area contributed by atoms with Crippen LogP contribution < -0.4 is 11.1 Å². The molecule has 0 aromatic carbocycles. The fourth-order valence-electron chi connectivity index (χ4n) is 2.13. The Morgan fingerprint density at radius 2 is 1.92 bits per heavy atom. The van der Waals surface area contributed by atoms with E-state index >= 15 is 0 Å². The maximum atomic E-state index is 5.85. The second-order valence-corrected chi connectivity index (χ2v) is 4.02. The minimum Gasteiger partial charge on any atom is -0.328 e. The van der Waals surface area contributed by atoms with E-state index in [2.05, 4.69) is 19.2 Å². The van der Waals surface area contributed by atoms with Crippen molar-refractivity contribution in [2.75, 3.05) is 6.54 Å². The van der Waals surface area contributed by atoms with Gasteiger partial charge in [-0.25, -0.2) is 0 Å². The van der Waals surface area contributed by atoms with Gasteiger partial charge in [0.1, 0.15) is 0 Å². The van der Waals surface area contributed by atoms with Crippen molar-refractivity contribution in [2.24, 2.45) is 11.7 Å². The van der Waals surface area contributed by atoms with E-state index < -0.39 is 0 Å². The summed E-state index contributed by atoms with van der Waals surface area (Å²) < 4.78 is 0. The Morgan fingerprint density at radius 1 is 1.33 bits per heavy atom. The zero-order chi connectivity index (χ0) is 8.97. The van der Waals surface area contributed by atoms with Crippen LogP contribution in [0, 0.1) is 5.92 Å². The van der Waals surface area contributed by atoms with E-state index in [1.54, 1.807) is 0 Å². The Kier molecular flexibility index (Phi) is 4.02. The molecule has 0 bridgehead atoms. The highest BCUT2D eigenvalue weighted by Gasteiger charge is 2.22. The molecular formula is C10H22N2. The third-order valence-electron chi connectivity index (χ3n) is 3.05. The maximum absolute atomic E-state index is 5.85. The molecule has 2 nitrogen and oxygen atoms in total. The third-order valence-corrected chi connectivity index (χ3v) is 3.05. The molecule has 0 heterocycles. The van der Waals surface area contributed by atoms with Crippen LogP contribution in [0.25, 0.3) is 0 Å². The van der Waals surface area contributed by atoms with Crippen LogP contribution in [-0.2, 0) is 0 Å².